The zero-order chi connectivity index (χ0) is 13.5. The average molecular weight is 258 g/mol. The molecule has 0 aliphatic heterocycles. The van der Waals surface area contributed by atoms with Gasteiger partial charge in [0.15, 0.2) is 0 Å². The number of hydrogen-bond donors (Lipinski definition) is 0. The number of hydrogen-bond acceptors (Lipinski definition) is 2. The largest absolute Gasteiger partial charge is 0.257 e. The second kappa shape index (κ2) is 4.27. The molecule has 1 aliphatic rings. The van der Waals surface area contributed by atoms with Crippen LogP contribution in [0.3, 0.4) is 0 Å². The van der Waals surface area contributed by atoms with Crippen molar-refractivity contribution in [2.45, 2.75) is 13.3 Å². The predicted molar refractivity (Wildman–Crippen MR) is 80.4 cm³/mol. The number of aromatic nitrogens is 2. The third-order valence-corrected chi connectivity index (χ3v) is 3.86. The molecule has 0 atom stereocenters. The van der Waals surface area contributed by atoms with E-state index in [1.807, 2.05) is 25.3 Å². The normalized spacial score (nSPS) is 12.1. The molecule has 0 N–H and O–H groups in total. The van der Waals surface area contributed by atoms with Crippen molar-refractivity contribution in [1.82, 2.24) is 9.97 Å². The van der Waals surface area contributed by atoms with Crippen LogP contribution < -0.4 is 0 Å². The molecule has 96 valence electrons. The standard InChI is InChI=1S/C18H14N2/c1-12-8-9-15-13-5-4-6-14(16(13)11-18(15)20-12)17-7-2-3-10-19-17/h2-10H,11H2,1H3. The quantitative estimate of drug-likeness (QED) is 0.515. The Bertz CT molecular complexity index is 792. The zero-order valence-electron chi connectivity index (χ0n) is 11.3. The molecule has 2 heterocycles. The summed E-state index contributed by atoms with van der Waals surface area (Å²) in [7, 11) is 0. The lowest BCUT2D eigenvalue weighted by Gasteiger charge is -2.07. The topological polar surface area (TPSA) is 25.8 Å². The average Bonchev–Trinajstić information content (AvgIpc) is 2.85. The summed E-state index contributed by atoms with van der Waals surface area (Å²) in [6.45, 7) is 2.04. The first-order valence-corrected chi connectivity index (χ1v) is 6.83. The molecule has 1 aliphatic carbocycles. The summed E-state index contributed by atoms with van der Waals surface area (Å²) >= 11 is 0. The van der Waals surface area contributed by atoms with Crippen LogP contribution in [0, 0.1) is 6.92 Å². The number of rotatable bonds is 1. The number of fused-ring (bicyclic) bond motifs is 3. The maximum atomic E-state index is 4.68. The van der Waals surface area contributed by atoms with Crippen LogP contribution >= 0.6 is 0 Å². The van der Waals surface area contributed by atoms with E-state index in [1.54, 1.807) is 0 Å². The van der Waals surface area contributed by atoms with Gasteiger partial charge in [-0.25, -0.2) is 0 Å². The molecule has 0 bridgehead atoms. The molecular weight excluding hydrogens is 244 g/mol. The number of benzene rings is 1. The summed E-state index contributed by atoms with van der Waals surface area (Å²) in [5, 5.41) is 0. The molecule has 1 aromatic carbocycles. The SMILES string of the molecule is Cc1ccc2c(n1)Cc1c(-c3ccccn3)cccc1-2. The van der Waals surface area contributed by atoms with E-state index in [0.717, 1.165) is 17.8 Å². The molecule has 0 saturated heterocycles. The van der Waals surface area contributed by atoms with Crippen molar-refractivity contribution in [3.05, 3.63) is 71.7 Å². The van der Waals surface area contributed by atoms with Crippen LogP contribution in [0.1, 0.15) is 17.0 Å². The molecule has 4 rings (SSSR count). The summed E-state index contributed by atoms with van der Waals surface area (Å²) in [5.74, 6) is 0. The Hall–Kier alpha value is -2.48. The monoisotopic (exact) mass is 258 g/mol. The highest BCUT2D eigenvalue weighted by atomic mass is 14.7. The van der Waals surface area contributed by atoms with Gasteiger partial charge in [0.25, 0.3) is 0 Å². The van der Waals surface area contributed by atoms with Crippen LogP contribution in [0.4, 0.5) is 0 Å². The van der Waals surface area contributed by atoms with E-state index in [4.69, 9.17) is 0 Å². The molecule has 0 unspecified atom stereocenters. The zero-order valence-corrected chi connectivity index (χ0v) is 11.3. The van der Waals surface area contributed by atoms with Crippen molar-refractivity contribution in [3.63, 3.8) is 0 Å². The third-order valence-electron chi connectivity index (χ3n) is 3.86. The lowest BCUT2D eigenvalue weighted by atomic mass is 9.99. The van der Waals surface area contributed by atoms with Crippen molar-refractivity contribution in [1.29, 1.82) is 0 Å². The third kappa shape index (κ3) is 1.65. The van der Waals surface area contributed by atoms with Gasteiger partial charge in [-0.05, 0) is 36.2 Å². The summed E-state index contributed by atoms with van der Waals surface area (Å²) in [4.78, 5) is 9.17. The fraction of sp³-hybridized carbons (Fsp3) is 0.111. The van der Waals surface area contributed by atoms with Gasteiger partial charge >= 0.3 is 0 Å². The molecular formula is C18H14N2. The van der Waals surface area contributed by atoms with Crippen LogP contribution in [0.15, 0.2) is 54.7 Å². The molecule has 0 fully saturated rings. The van der Waals surface area contributed by atoms with Gasteiger partial charge < -0.3 is 0 Å². The lowest BCUT2D eigenvalue weighted by Crippen LogP contribution is -1.91. The van der Waals surface area contributed by atoms with Gasteiger partial charge in [-0.2, -0.15) is 0 Å². The Morgan fingerprint density at radius 3 is 2.60 bits per heavy atom. The van der Waals surface area contributed by atoms with E-state index in [0.29, 0.717) is 0 Å². The highest BCUT2D eigenvalue weighted by Gasteiger charge is 2.22. The van der Waals surface area contributed by atoms with Gasteiger partial charge in [0, 0.05) is 29.4 Å². The molecule has 0 spiro atoms. The van der Waals surface area contributed by atoms with E-state index < -0.39 is 0 Å². The number of pyridine rings is 2. The van der Waals surface area contributed by atoms with Crippen LogP contribution in [-0.4, -0.2) is 9.97 Å². The second-order valence-corrected chi connectivity index (χ2v) is 5.17. The fourth-order valence-electron chi connectivity index (χ4n) is 2.95. The first-order valence-electron chi connectivity index (χ1n) is 6.83. The number of nitrogens with zero attached hydrogens (tertiary/aromatic N) is 2. The molecule has 3 aromatic rings. The molecule has 20 heavy (non-hydrogen) atoms. The van der Waals surface area contributed by atoms with Gasteiger partial charge in [-0.3, -0.25) is 9.97 Å². The Kier molecular flexibility index (Phi) is 2.43. The Morgan fingerprint density at radius 2 is 1.75 bits per heavy atom. The minimum absolute atomic E-state index is 0.902. The minimum atomic E-state index is 0.902. The summed E-state index contributed by atoms with van der Waals surface area (Å²) in [5.41, 5.74) is 8.44. The summed E-state index contributed by atoms with van der Waals surface area (Å²) in [6, 6.07) is 16.8. The minimum Gasteiger partial charge on any atom is -0.257 e. The van der Waals surface area contributed by atoms with Crippen molar-refractivity contribution in [2.24, 2.45) is 0 Å². The molecule has 0 radical (unpaired) electrons. The van der Waals surface area contributed by atoms with E-state index in [2.05, 4.69) is 46.4 Å². The molecule has 0 saturated carbocycles. The number of aryl methyl sites for hydroxylation is 1. The van der Waals surface area contributed by atoms with Crippen LogP contribution in [0.5, 0.6) is 0 Å². The van der Waals surface area contributed by atoms with Crippen molar-refractivity contribution >= 4 is 0 Å². The van der Waals surface area contributed by atoms with E-state index in [9.17, 15) is 0 Å². The van der Waals surface area contributed by atoms with Gasteiger partial charge in [0.2, 0.25) is 0 Å². The molecule has 2 nitrogen and oxygen atoms in total. The maximum Gasteiger partial charge on any atom is 0.0705 e. The highest BCUT2D eigenvalue weighted by Crippen LogP contribution is 2.40. The second-order valence-electron chi connectivity index (χ2n) is 5.17. The first-order chi connectivity index (χ1) is 9.83. The smallest absolute Gasteiger partial charge is 0.0705 e. The Labute approximate surface area is 118 Å². The lowest BCUT2D eigenvalue weighted by molar-refractivity contribution is 1.07. The van der Waals surface area contributed by atoms with Gasteiger partial charge in [0.1, 0.15) is 0 Å². The fourth-order valence-corrected chi connectivity index (χ4v) is 2.95. The highest BCUT2D eigenvalue weighted by molar-refractivity contribution is 5.83. The van der Waals surface area contributed by atoms with Gasteiger partial charge in [-0.15, -0.1) is 0 Å². The molecule has 2 heteroatoms. The van der Waals surface area contributed by atoms with Crippen molar-refractivity contribution in [3.8, 4) is 22.4 Å². The Morgan fingerprint density at radius 1 is 0.850 bits per heavy atom. The van der Waals surface area contributed by atoms with Crippen LogP contribution in [0.2, 0.25) is 0 Å². The summed E-state index contributed by atoms with van der Waals surface area (Å²) < 4.78 is 0. The van der Waals surface area contributed by atoms with Crippen molar-refractivity contribution in [2.75, 3.05) is 0 Å². The van der Waals surface area contributed by atoms with Gasteiger partial charge in [0.05, 0.1) is 11.4 Å². The van der Waals surface area contributed by atoms with Gasteiger partial charge in [-0.1, -0.05) is 30.3 Å². The van der Waals surface area contributed by atoms with E-state index in [-0.39, 0.29) is 0 Å². The van der Waals surface area contributed by atoms with Crippen LogP contribution in [0.25, 0.3) is 22.4 Å². The first kappa shape index (κ1) is 11.4. The van der Waals surface area contributed by atoms with E-state index >= 15 is 0 Å². The Balaban J connectivity index is 1.93. The summed E-state index contributed by atoms with van der Waals surface area (Å²) in [6.07, 6.45) is 2.75. The van der Waals surface area contributed by atoms with Crippen LogP contribution in [-0.2, 0) is 6.42 Å². The maximum absolute atomic E-state index is 4.68. The molecule has 2 aromatic heterocycles. The molecule has 0 amide bonds. The van der Waals surface area contributed by atoms with Crippen molar-refractivity contribution < 1.29 is 0 Å². The van der Waals surface area contributed by atoms with E-state index in [1.165, 1.54) is 27.9 Å². The predicted octanol–water partition coefficient (Wildman–Crippen LogP) is 4.02.